The molecule has 0 saturated heterocycles. The number of hydrogen-bond acceptors (Lipinski definition) is 6. The molecule has 0 fully saturated rings. The number of rotatable bonds is 9. The molecular formula is C22H28N4O4S. The maximum Gasteiger partial charge on any atom is 0.242 e. The van der Waals surface area contributed by atoms with Gasteiger partial charge in [-0.05, 0) is 49.9 Å². The lowest BCUT2D eigenvalue weighted by Gasteiger charge is -2.11. The smallest absolute Gasteiger partial charge is 0.242 e. The number of amides is 1. The van der Waals surface area contributed by atoms with Crippen molar-refractivity contribution in [3.63, 3.8) is 0 Å². The number of benzene rings is 1. The first-order valence-corrected chi connectivity index (χ1v) is 11.8. The first kappa shape index (κ1) is 22.7. The maximum absolute atomic E-state index is 12.3. The zero-order valence-corrected chi connectivity index (χ0v) is 19.1. The third kappa shape index (κ3) is 5.04. The number of pyridine rings is 1. The van der Waals surface area contributed by atoms with Crippen molar-refractivity contribution in [3.05, 3.63) is 47.2 Å². The summed E-state index contributed by atoms with van der Waals surface area (Å²) in [5, 5.41) is 8.01. The zero-order valence-electron chi connectivity index (χ0n) is 18.3. The second-order valence-electron chi connectivity index (χ2n) is 7.47. The van der Waals surface area contributed by atoms with Crippen LogP contribution in [-0.4, -0.2) is 48.5 Å². The first-order chi connectivity index (χ1) is 14.7. The Bertz CT molecular complexity index is 1190. The van der Waals surface area contributed by atoms with E-state index < -0.39 is 9.84 Å². The van der Waals surface area contributed by atoms with Crippen molar-refractivity contribution in [2.24, 2.45) is 7.05 Å². The highest BCUT2D eigenvalue weighted by molar-refractivity contribution is 7.91. The Morgan fingerprint density at radius 1 is 1.19 bits per heavy atom. The number of sulfone groups is 1. The van der Waals surface area contributed by atoms with E-state index in [0.29, 0.717) is 36.6 Å². The molecular weight excluding hydrogens is 416 g/mol. The lowest BCUT2D eigenvalue weighted by Crippen LogP contribution is -2.26. The maximum atomic E-state index is 12.3. The molecule has 0 aliphatic rings. The van der Waals surface area contributed by atoms with E-state index in [9.17, 15) is 13.2 Å². The molecule has 9 heteroatoms. The molecule has 0 atom stereocenters. The predicted octanol–water partition coefficient (Wildman–Crippen LogP) is 2.51. The monoisotopic (exact) mass is 444 g/mol. The van der Waals surface area contributed by atoms with Crippen LogP contribution in [0.25, 0.3) is 11.0 Å². The molecule has 3 rings (SSSR count). The average molecular weight is 445 g/mol. The minimum atomic E-state index is -3.33. The van der Waals surface area contributed by atoms with Gasteiger partial charge in [-0.3, -0.25) is 4.79 Å². The van der Waals surface area contributed by atoms with Gasteiger partial charge in [-0.1, -0.05) is 18.2 Å². The zero-order chi connectivity index (χ0) is 22.6. The quantitative estimate of drug-likeness (QED) is 0.509. The number of aryl methyl sites for hydroxylation is 3. The number of hydrogen-bond donors (Lipinski definition) is 1. The molecule has 0 aliphatic heterocycles. The summed E-state index contributed by atoms with van der Waals surface area (Å²) in [7, 11) is 0.0673. The molecule has 0 unspecified atom stereocenters. The molecule has 1 aromatic carbocycles. The lowest BCUT2D eigenvalue weighted by atomic mass is 10.00. The van der Waals surface area contributed by atoms with Crippen LogP contribution in [0.1, 0.15) is 29.7 Å². The molecule has 31 heavy (non-hydrogen) atoms. The summed E-state index contributed by atoms with van der Waals surface area (Å²) in [4.78, 5) is 17.2. The lowest BCUT2D eigenvalue weighted by molar-refractivity contribution is -0.121. The Balaban J connectivity index is 1.56. The van der Waals surface area contributed by atoms with Gasteiger partial charge in [0.15, 0.2) is 15.5 Å². The highest BCUT2D eigenvalue weighted by Gasteiger charge is 2.18. The fourth-order valence-corrected chi connectivity index (χ4v) is 5.00. The van der Waals surface area contributed by atoms with Gasteiger partial charge in [-0.2, -0.15) is 0 Å². The van der Waals surface area contributed by atoms with Crippen LogP contribution < -0.4 is 10.1 Å². The van der Waals surface area contributed by atoms with E-state index in [0.717, 1.165) is 27.9 Å². The molecule has 2 heterocycles. The van der Waals surface area contributed by atoms with Crippen LogP contribution in [0.2, 0.25) is 0 Å². The van der Waals surface area contributed by atoms with E-state index in [2.05, 4.69) is 15.4 Å². The molecule has 0 aliphatic carbocycles. The number of fused-ring (bicyclic) bond motifs is 1. The second kappa shape index (κ2) is 9.47. The molecule has 0 spiro atoms. The molecule has 8 nitrogen and oxygen atoms in total. The van der Waals surface area contributed by atoms with E-state index in [4.69, 9.17) is 4.74 Å². The largest absolute Gasteiger partial charge is 0.479 e. The molecule has 166 valence electrons. The van der Waals surface area contributed by atoms with Crippen molar-refractivity contribution in [2.45, 2.75) is 38.0 Å². The van der Waals surface area contributed by atoms with E-state index in [1.54, 1.807) is 42.1 Å². The number of carbonyl (C=O) groups excluding carboxylic acids is 1. The normalized spacial score (nSPS) is 11.6. The van der Waals surface area contributed by atoms with Gasteiger partial charge in [0.2, 0.25) is 11.8 Å². The van der Waals surface area contributed by atoms with Gasteiger partial charge in [0.25, 0.3) is 0 Å². The fraction of sp³-hybridized carbons (Fsp3) is 0.409. The number of nitrogens with one attached hydrogen (secondary N) is 1. The Hall–Kier alpha value is -2.94. The van der Waals surface area contributed by atoms with Crippen molar-refractivity contribution in [1.29, 1.82) is 0 Å². The highest BCUT2D eigenvalue weighted by atomic mass is 32.2. The van der Waals surface area contributed by atoms with Gasteiger partial charge in [-0.15, -0.1) is 5.10 Å². The van der Waals surface area contributed by atoms with Crippen LogP contribution in [0.3, 0.4) is 0 Å². The number of nitrogens with zero attached hydrogens (tertiary/aromatic N) is 3. The summed E-state index contributed by atoms with van der Waals surface area (Å²) in [5.74, 6) is 0.402. The summed E-state index contributed by atoms with van der Waals surface area (Å²) in [6.45, 7) is 4.23. The van der Waals surface area contributed by atoms with E-state index in [1.165, 1.54) is 0 Å². The summed E-state index contributed by atoms with van der Waals surface area (Å²) < 4.78 is 31.6. The van der Waals surface area contributed by atoms with E-state index in [1.807, 2.05) is 20.9 Å². The number of ether oxygens (including phenoxy) is 1. The van der Waals surface area contributed by atoms with Gasteiger partial charge < -0.3 is 10.1 Å². The van der Waals surface area contributed by atoms with E-state index >= 15 is 0 Å². The molecule has 0 saturated carbocycles. The molecule has 2 aromatic heterocycles. The average Bonchev–Trinajstić information content (AvgIpc) is 3.07. The van der Waals surface area contributed by atoms with Crippen LogP contribution in [0.15, 0.2) is 35.2 Å². The van der Waals surface area contributed by atoms with E-state index in [-0.39, 0.29) is 11.7 Å². The number of carbonyl (C=O) groups is 1. The van der Waals surface area contributed by atoms with Gasteiger partial charge in [0.05, 0.1) is 23.1 Å². The third-order valence-corrected chi connectivity index (χ3v) is 7.15. The van der Waals surface area contributed by atoms with Crippen molar-refractivity contribution in [2.75, 3.05) is 19.4 Å². The standard InChI is InChI=1S/C22H28N4O4S/c1-15-18(16(2)24-21-20(15)22(30-4)25-26(21)3)11-12-19(27)23-13-8-14-31(28,29)17-9-6-5-7-10-17/h5-7,9-10H,8,11-14H2,1-4H3,(H,23,27). The van der Waals surface area contributed by atoms with Crippen LogP contribution in [0, 0.1) is 13.8 Å². The van der Waals surface area contributed by atoms with Crippen LogP contribution >= 0.6 is 0 Å². The van der Waals surface area contributed by atoms with Crippen LogP contribution in [0.5, 0.6) is 5.88 Å². The number of aromatic nitrogens is 3. The van der Waals surface area contributed by atoms with Crippen molar-refractivity contribution in [1.82, 2.24) is 20.1 Å². The summed E-state index contributed by atoms with van der Waals surface area (Å²) >= 11 is 0. The van der Waals surface area contributed by atoms with Gasteiger partial charge >= 0.3 is 0 Å². The summed E-state index contributed by atoms with van der Waals surface area (Å²) in [6.07, 6.45) is 1.19. The molecule has 3 aromatic rings. The van der Waals surface area contributed by atoms with Gasteiger partial charge in [0.1, 0.15) is 0 Å². The van der Waals surface area contributed by atoms with Gasteiger partial charge in [0, 0.05) is 25.7 Å². The van der Waals surface area contributed by atoms with Crippen LogP contribution in [-0.2, 0) is 28.1 Å². The Morgan fingerprint density at radius 3 is 2.58 bits per heavy atom. The number of methoxy groups -OCH3 is 1. The fourth-order valence-electron chi connectivity index (χ4n) is 3.67. The van der Waals surface area contributed by atoms with Crippen molar-refractivity contribution >= 4 is 26.8 Å². The minimum absolute atomic E-state index is 0.00308. The Morgan fingerprint density at radius 2 is 1.90 bits per heavy atom. The summed E-state index contributed by atoms with van der Waals surface area (Å²) in [6, 6.07) is 8.35. The molecule has 1 amide bonds. The van der Waals surface area contributed by atoms with Crippen molar-refractivity contribution < 1.29 is 17.9 Å². The minimum Gasteiger partial charge on any atom is -0.479 e. The molecule has 0 radical (unpaired) electrons. The summed E-state index contributed by atoms with van der Waals surface area (Å²) in [5.41, 5.74) is 3.62. The predicted molar refractivity (Wildman–Crippen MR) is 119 cm³/mol. The third-order valence-electron chi connectivity index (χ3n) is 5.33. The SMILES string of the molecule is COc1nn(C)c2nc(C)c(CCC(=O)NCCCS(=O)(=O)c3ccccc3)c(C)c12. The van der Waals surface area contributed by atoms with Crippen molar-refractivity contribution in [3.8, 4) is 5.88 Å². The Labute approximate surface area is 182 Å². The first-order valence-electron chi connectivity index (χ1n) is 10.2. The molecule has 0 bridgehead atoms. The topological polar surface area (TPSA) is 103 Å². The highest BCUT2D eigenvalue weighted by Crippen LogP contribution is 2.30. The second-order valence-corrected chi connectivity index (χ2v) is 9.58. The van der Waals surface area contributed by atoms with Crippen LogP contribution in [0.4, 0.5) is 0 Å². The van der Waals surface area contributed by atoms with Gasteiger partial charge in [-0.25, -0.2) is 18.1 Å². The molecule has 1 N–H and O–H groups in total. The Kier molecular flexibility index (Phi) is 6.94.